The Morgan fingerprint density at radius 1 is 1.31 bits per heavy atom. The van der Waals surface area contributed by atoms with Gasteiger partial charge in [0.2, 0.25) is 3.79 Å². The molecule has 1 unspecified atom stereocenters. The molecule has 0 aromatic carbocycles. The van der Waals surface area contributed by atoms with Crippen molar-refractivity contribution >= 4 is 52.8 Å². The van der Waals surface area contributed by atoms with Crippen molar-refractivity contribution in [3.05, 3.63) is 10.4 Å². The van der Waals surface area contributed by atoms with Crippen molar-refractivity contribution in [2.75, 3.05) is 19.7 Å². The fourth-order valence-electron chi connectivity index (χ4n) is 3.06. The van der Waals surface area contributed by atoms with Crippen LogP contribution in [0.25, 0.3) is 10.4 Å². The zero-order valence-corrected chi connectivity index (χ0v) is 22.2. The number of aliphatic hydroxyl groups excluding tert-OH is 1. The van der Waals surface area contributed by atoms with Crippen molar-refractivity contribution in [2.45, 2.75) is 80.7 Å². The number of halogens is 3. The van der Waals surface area contributed by atoms with Crippen LogP contribution in [0.3, 0.4) is 0 Å². The van der Waals surface area contributed by atoms with Gasteiger partial charge in [-0.1, -0.05) is 39.9 Å². The molecule has 13 nitrogen and oxygen atoms in total. The molecule has 0 spiro atoms. The van der Waals surface area contributed by atoms with Gasteiger partial charge in [-0.25, -0.2) is 10.2 Å². The van der Waals surface area contributed by atoms with E-state index in [4.69, 9.17) is 49.8 Å². The Bertz CT molecular complexity index is 786. The van der Waals surface area contributed by atoms with Gasteiger partial charge in [-0.3, -0.25) is 19.9 Å². The van der Waals surface area contributed by atoms with E-state index in [0.717, 1.165) is 0 Å². The number of hydrogen-bond donors (Lipinski definition) is 4. The normalized spacial score (nSPS) is 19.1. The Hall–Kier alpha value is -1.73. The van der Waals surface area contributed by atoms with E-state index in [1.807, 2.05) is 0 Å². The second-order valence-corrected chi connectivity index (χ2v) is 11.4. The van der Waals surface area contributed by atoms with Crippen LogP contribution >= 0.6 is 34.8 Å². The molecule has 0 saturated carbocycles. The van der Waals surface area contributed by atoms with Crippen molar-refractivity contribution in [1.82, 2.24) is 21.1 Å². The van der Waals surface area contributed by atoms with Gasteiger partial charge in [-0.15, -0.1) is 0 Å². The van der Waals surface area contributed by atoms with Gasteiger partial charge in [-0.2, -0.15) is 0 Å². The fraction of sp³-hybridized carbons (Fsp3) is 0.842. The summed E-state index contributed by atoms with van der Waals surface area (Å²) < 4.78 is 8.42. The maximum Gasteiger partial charge on any atom is 0.408 e. The molecule has 4 atom stereocenters. The van der Waals surface area contributed by atoms with Gasteiger partial charge in [0, 0.05) is 18.0 Å². The number of ether oxygens (including phenoxy) is 2. The molecule has 0 radical (unpaired) electrons. The number of nitrogens with one attached hydrogen (secondary N) is 3. The quantitative estimate of drug-likeness (QED) is 0.0784. The molecule has 2 amide bonds. The maximum atomic E-state index is 12.9. The minimum absolute atomic E-state index is 0.0102. The number of alkyl halides is 3. The highest BCUT2D eigenvalue weighted by molar-refractivity contribution is 6.67. The molecule has 1 heterocycles. The van der Waals surface area contributed by atoms with Crippen molar-refractivity contribution in [3.63, 3.8) is 0 Å². The number of aliphatic hydroxyl groups is 1. The minimum Gasteiger partial charge on any atom is -0.460 e. The largest absolute Gasteiger partial charge is 0.460 e. The van der Waals surface area contributed by atoms with Gasteiger partial charge < -0.3 is 19.9 Å². The molecule has 0 aromatic heterocycles. The third-order valence-electron chi connectivity index (χ3n) is 4.59. The number of esters is 1. The highest BCUT2D eigenvalue weighted by Crippen LogP contribution is 2.26. The first-order valence-electron chi connectivity index (χ1n) is 10.9. The lowest BCUT2D eigenvalue weighted by atomic mass is 10.1. The number of hydrogen-bond acceptors (Lipinski definition) is 9. The highest BCUT2D eigenvalue weighted by atomic mass is 35.6. The van der Waals surface area contributed by atoms with E-state index >= 15 is 0 Å². The van der Waals surface area contributed by atoms with Gasteiger partial charge in [-0.05, 0) is 52.5 Å². The fourth-order valence-corrected chi connectivity index (χ4v) is 3.22. The Balaban J connectivity index is 2.74. The molecule has 1 saturated heterocycles. The van der Waals surface area contributed by atoms with E-state index in [0.29, 0.717) is 19.4 Å². The average molecular weight is 561 g/mol. The van der Waals surface area contributed by atoms with Crippen LogP contribution in [0.4, 0.5) is 4.79 Å². The van der Waals surface area contributed by atoms with Gasteiger partial charge in [0.25, 0.3) is 5.91 Å². The van der Waals surface area contributed by atoms with Crippen LogP contribution in [-0.2, 0) is 19.1 Å². The Morgan fingerprint density at radius 3 is 2.54 bits per heavy atom. The summed E-state index contributed by atoms with van der Waals surface area (Å²) in [6.45, 7) is 6.43. The molecule has 0 bridgehead atoms. The second-order valence-electron chi connectivity index (χ2n) is 8.87. The molecule has 35 heavy (non-hydrogen) atoms. The summed E-state index contributed by atoms with van der Waals surface area (Å²) in [5.41, 5.74) is 10.5. The van der Waals surface area contributed by atoms with Crippen molar-refractivity contribution < 1.29 is 29.0 Å². The summed E-state index contributed by atoms with van der Waals surface area (Å²) >= 11 is 16.8. The number of azide groups is 1. The molecule has 1 aliphatic heterocycles. The van der Waals surface area contributed by atoms with Crippen LogP contribution in [0.15, 0.2) is 5.11 Å². The lowest BCUT2D eigenvalue weighted by Gasteiger charge is -2.35. The summed E-state index contributed by atoms with van der Waals surface area (Å²) in [7, 11) is 0. The molecule has 16 heteroatoms. The lowest BCUT2D eigenvalue weighted by molar-refractivity contribution is -0.152. The number of nitrogens with zero attached hydrogens (tertiary/aromatic N) is 4. The average Bonchev–Trinajstić information content (AvgIpc) is 2.74. The number of amides is 2. The van der Waals surface area contributed by atoms with Crippen LogP contribution in [0.5, 0.6) is 0 Å². The van der Waals surface area contributed by atoms with Crippen LogP contribution in [0, 0.1) is 0 Å². The Kier molecular flexibility index (Phi) is 12.6. The van der Waals surface area contributed by atoms with E-state index in [2.05, 4.69) is 26.1 Å². The monoisotopic (exact) mass is 559 g/mol. The first-order chi connectivity index (χ1) is 16.1. The van der Waals surface area contributed by atoms with E-state index in [1.54, 1.807) is 20.8 Å². The third-order valence-corrected chi connectivity index (χ3v) is 4.92. The van der Waals surface area contributed by atoms with Gasteiger partial charge in [0.15, 0.2) is 0 Å². The molecule has 200 valence electrons. The maximum absolute atomic E-state index is 12.9. The predicted molar refractivity (Wildman–Crippen MR) is 130 cm³/mol. The van der Waals surface area contributed by atoms with Gasteiger partial charge >= 0.3 is 12.1 Å². The number of alkyl carbamates (subject to hydrolysis) is 1. The first kappa shape index (κ1) is 31.3. The Morgan fingerprint density at radius 2 is 1.97 bits per heavy atom. The Labute approximate surface area is 218 Å². The number of carbonyl (C=O) groups is 3. The summed E-state index contributed by atoms with van der Waals surface area (Å²) in [6, 6.07) is -2.66. The second kappa shape index (κ2) is 14.1. The number of hydrazine groups is 1. The summed E-state index contributed by atoms with van der Waals surface area (Å²) in [6.07, 6.45) is -1.16. The molecule has 0 aliphatic carbocycles. The molecular formula is C19H32Cl3N7O6. The van der Waals surface area contributed by atoms with Crippen LogP contribution in [0.2, 0.25) is 0 Å². The summed E-state index contributed by atoms with van der Waals surface area (Å²) in [5.74, 6) is -1.14. The topological polar surface area (TPSA) is 178 Å². The molecule has 4 N–H and O–H groups in total. The van der Waals surface area contributed by atoms with Crippen LogP contribution in [-0.4, -0.2) is 81.5 Å². The summed E-state index contributed by atoms with van der Waals surface area (Å²) in [4.78, 5) is 40.0. The number of carbonyl (C=O) groups excluding carboxylic acids is 3. The van der Waals surface area contributed by atoms with E-state index in [-0.39, 0.29) is 13.0 Å². The minimum atomic E-state index is -1.75. The predicted octanol–water partition coefficient (Wildman–Crippen LogP) is 2.29. The molecular weight excluding hydrogens is 529 g/mol. The molecule has 1 rings (SSSR count). The van der Waals surface area contributed by atoms with E-state index in [1.165, 1.54) is 11.9 Å². The van der Waals surface area contributed by atoms with E-state index in [9.17, 15) is 19.5 Å². The lowest BCUT2D eigenvalue weighted by Crippen LogP contribution is -2.61. The number of rotatable bonds is 10. The summed E-state index contributed by atoms with van der Waals surface area (Å²) in [5, 5.41) is 20.5. The van der Waals surface area contributed by atoms with Crippen LogP contribution in [0.1, 0.15) is 47.0 Å². The van der Waals surface area contributed by atoms with Crippen molar-refractivity contribution in [1.29, 1.82) is 0 Å². The van der Waals surface area contributed by atoms with Gasteiger partial charge in [0.1, 0.15) is 24.5 Å². The standard InChI is InChI=1S/C19H32Cl3N7O6/c1-11(15(31)29-9-5-6-13(27-29)16(32)34-10-19(20,21)22)25-14(30)12(7-8-24-28-23)26-17(33)35-18(2,3)4/h11-14,25,27,30H,5-10H2,1-4H3,(H,26,33)/t11-,12-,13-,14?/m0/s1. The smallest absolute Gasteiger partial charge is 0.408 e. The van der Waals surface area contributed by atoms with Crippen molar-refractivity contribution in [3.8, 4) is 0 Å². The first-order valence-corrected chi connectivity index (χ1v) is 12.0. The zero-order valence-electron chi connectivity index (χ0n) is 20.0. The highest BCUT2D eigenvalue weighted by Gasteiger charge is 2.34. The molecule has 0 aromatic rings. The molecule has 1 aliphatic rings. The van der Waals surface area contributed by atoms with Gasteiger partial charge in [0.05, 0.1) is 12.1 Å². The van der Waals surface area contributed by atoms with E-state index < -0.39 is 58.3 Å². The zero-order chi connectivity index (χ0) is 26.8. The van der Waals surface area contributed by atoms with Crippen molar-refractivity contribution in [2.24, 2.45) is 5.11 Å². The molecule has 1 fully saturated rings. The van der Waals surface area contributed by atoms with Crippen LogP contribution < -0.4 is 16.1 Å². The SMILES string of the molecule is C[C@H](NC(O)[C@H](CCN=[N+]=[N-])NC(=O)OC(C)(C)C)C(=O)N1CCC[C@@H](C(=O)OCC(Cl)(Cl)Cl)N1. The third kappa shape index (κ3) is 12.7.